The molecule has 1 saturated carbocycles. The van der Waals surface area contributed by atoms with Crippen LogP contribution in [0.3, 0.4) is 0 Å². The summed E-state index contributed by atoms with van der Waals surface area (Å²) in [6.45, 7) is 2.99. The molecule has 18 heavy (non-hydrogen) atoms. The molecule has 0 aromatic heterocycles. The van der Waals surface area contributed by atoms with E-state index in [0.717, 1.165) is 18.0 Å². The molecular weight excluding hydrogens is 226 g/mol. The van der Waals surface area contributed by atoms with Gasteiger partial charge in [0.05, 0.1) is 0 Å². The van der Waals surface area contributed by atoms with Crippen LogP contribution in [0.2, 0.25) is 0 Å². The van der Waals surface area contributed by atoms with Crippen LogP contribution in [0.25, 0.3) is 0 Å². The maximum absolute atomic E-state index is 9.44. The van der Waals surface area contributed by atoms with Crippen molar-refractivity contribution in [2.75, 3.05) is 0 Å². The van der Waals surface area contributed by atoms with Gasteiger partial charge in [0.2, 0.25) is 0 Å². The van der Waals surface area contributed by atoms with Crippen LogP contribution >= 0.6 is 0 Å². The first-order chi connectivity index (χ1) is 8.66. The second-order valence-corrected chi connectivity index (χ2v) is 5.39. The summed E-state index contributed by atoms with van der Waals surface area (Å²) in [4.78, 5) is 0. The van der Waals surface area contributed by atoms with Gasteiger partial charge in [0.1, 0.15) is 0 Å². The molecule has 1 aromatic carbocycles. The standard InChI is InChI=1S/C15H23NO2/c1-11(13-5-3-2-4-6-13)16-10-12-7-8-14(17)15(18)9-12/h7-9,11,13,16-18H,2-6,10H2,1H3/t11-/m0/s1. The third-order valence-electron chi connectivity index (χ3n) is 4.02. The Morgan fingerprint density at radius 1 is 1.17 bits per heavy atom. The SMILES string of the molecule is C[C@H](NCc1ccc(O)c(O)c1)C1CCCCC1. The molecule has 100 valence electrons. The summed E-state index contributed by atoms with van der Waals surface area (Å²) in [6, 6.07) is 5.52. The summed E-state index contributed by atoms with van der Waals surface area (Å²) < 4.78 is 0. The first-order valence-electron chi connectivity index (χ1n) is 6.91. The lowest BCUT2D eigenvalue weighted by Crippen LogP contribution is -2.34. The molecule has 2 rings (SSSR count). The fourth-order valence-electron chi connectivity index (χ4n) is 2.76. The van der Waals surface area contributed by atoms with E-state index in [-0.39, 0.29) is 11.5 Å². The Kier molecular flexibility index (Phi) is 4.48. The quantitative estimate of drug-likeness (QED) is 0.718. The summed E-state index contributed by atoms with van der Waals surface area (Å²) >= 11 is 0. The monoisotopic (exact) mass is 249 g/mol. The van der Waals surface area contributed by atoms with Crippen molar-refractivity contribution in [1.82, 2.24) is 5.32 Å². The second-order valence-electron chi connectivity index (χ2n) is 5.39. The van der Waals surface area contributed by atoms with Crippen molar-refractivity contribution in [2.24, 2.45) is 5.92 Å². The summed E-state index contributed by atoms with van der Waals surface area (Å²) in [5, 5.41) is 22.2. The van der Waals surface area contributed by atoms with Gasteiger partial charge in [0.25, 0.3) is 0 Å². The predicted octanol–water partition coefficient (Wildman–Crippen LogP) is 3.16. The van der Waals surface area contributed by atoms with Crippen LogP contribution in [-0.2, 0) is 6.54 Å². The molecule has 0 saturated heterocycles. The van der Waals surface area contributed by atoms with E-state index in [1.165, 1.54) is 38.2 Å². The Labute approximate surface area is 109 Å². The summed E-state index contributed by atoms with van der Waals surface area (Å²) in [5.41, 5.74) is 1.01. The van der Waals surface area contributed by atoms with E-state index in [4.69, 9.17) is 0 Å². The number of rotatable bonds is 4. The molecule has 1 atom stereocenters. The van der Waals surface area contributed by atoms with Crippen molar-refractivity contribution in [1.29, 1.82) is 0 Å². The Morgan fingerprint density at radius 2 is 1.89 bits per heavy atom. The molecule has 3 N–H and O–H groups in total. The first kappa shape index (κ1) is 13.2. The molecule has 3 heteroatoms. The van der Waals surface area contributed by atoms with Gasteiger partial charge in [-0.15, -0.1) is 0 Å². The van der Waals surface area contributed by atoms with Gasteiger partial charge in [0.15, 0.2) is 11.5 Å². The molecule has 1 aliphatic rings. The zero-order valence-electron chi connectivity index (χ0n) is 11.0. The highest BCUT2D eigenvalue weighted by molar-refractivity contribution is 5.40. The molecule has 0 bridgehead atoms. The number of aromatic hydroxyl groups is 2. The molecule has 0 radical (unpaired) electrons. The lowest BCUT2D eigenvalue weighted by Gasteiger charge is -2.28. The topological polar surface area (TPSA) is 52.5 Å². The zero-order valence-corrected chi connectivity index (χ0v) is 11.0. The minimum Gasteiger partial charge on any atom is -0.504 e. The van der Waals surface area contributed by atoms with Gasteiger partial charge in [0, 0.05) is 12.6 Å². The average Bonchev–Trinajstić information content (AvgIpc) is 2.41. The highest BCUT2D eigenvalue weighted by Gasteiger charge is 2.19. The lowest BCUT2D eigenvalue weighted by atomic mass is 9.84. The minimum absolute atomic E-state index is 0.0420. The number of phenolic OH excluding ortho intramolecular Hbond substituents is 2. The third-order valence-corrected chi connectivity index (χ3v) is 4.02. The summed E-state index contributed by atoms with van der Waals surface area (Å²) in [5.74, 6) is 0.683. The lowest BCUT2D eigenvalue weighted by molar-refractivity contribution is 0.280. The van der Waals surface area contributed by atoms with Crippen LogP contribution in [0.5, 0.6) is 11.5 Å². The molecule has 0 unspecified atom stereocenters. The van der Waals surface area contributed by atoms with E-state index in [9.17, 15) is 10.2 Å². The van der Waals surface area contributed by atoms with Gasteiger partial charge in [-0.3, -0.25) is 0 Å². The van der Waals surface area contributed by atoms with Crippen molar-refractivity contribution in [3.05, 3.63) is 23.8 Å². The molecule has 3 nitrogen and oxygen atoms in total. The van der Waals surface area contributed by atoms with Crippen molar-refractivity contribution < 1.29 is 10.2 Å². The number of hydrogen-bond acceptors (Lipinski definition) is 3. The Hall–Kier alpha value is -1.22. The number of hydrogen-bond donors (Lipinski definition) is 3. The fraction of sp³-hybridized carbons (Fsp3) is 0.600. The highest BCUT2D eigenvalue weighted by atomic mass is 16.3. The van der Waals surface area contributed by atoms with E-state index in [2.05, 4.69) is 12.2 Å². The molecule has 0 aliphatic heterocycles. The largest absolute Gasteiger partial charge is 0.504 e. The molecule has 1 fully saturated rings. The summed E-state index contributed by atoms with van der Waals surface area (Å²) in [7, 11) is 0. The van der Waals surface area contributed by atoms with Gasteiger partial charge in [-0.05, 0) is 43.4 Å². The molecule has 1 aromatic rings. The van der Waals surface area contributed by atoms with Crippen LogP contribution in [0.15, 0.2) is 18.2 Å². The maximum Gasteiger partial charge on any atom is 0.157 e. The predicted molar refractivity (Wildman–Crippen MR) is 72.6 cm³/mol. The van der Waals surface area contributed by atoms with Gasteiger partial charge < -0.3 is 15.5 Å². The maximum atomic E-state index is 9.44. The fourth-order valence-corrected chi connectivity index (χ4v) is 2.76. The van der Waals surface area contributed by atoms with Crippen LogP contribution in [-0.4, -0.2) is 16.3 Å². The molecule has 0 heterocycles. The van der Waals surface area contributed by atoms with E-state index < -0.39 is 0 Å². The summed E-state index contributed by atoms with van der Waals surface area (Å²) in [6.07, 6.45) is 6.76. The minimum atomic E-state index is -0.0564. The highest BCUT2D eigenvalue weighted by Crippen LogP contribution is 2.27. The van der Waals surface area contributed by atoms with Crippen molar-refractivity contribution in [2.45, 2.75) is 51.6 Å². The van der Waals surface area contributed by atoms with E-state index >= 15 is 0 Å². The molecule has 1 aliphatic carbocycles. The molecular formula is C15H23NO2. The van der Waals surface area contributed by atoms with Gasteiger partial charge in [-0.1, -0.05) is 25.3 Å². The van der Waals surface area contributed by atoms with E-state index in [1.807, 2.05) is 6.07 Å². The van der Waals surface area contributed by atoms with E-state index in [0.29, 0.717) is 6.04 Å². The molecule has 0 amide bonds. The van der Waals surface area contributed by atoms with Crippen molar-refractivity contribution in [3.8, 4) is 11.5 Å². The normalized spacial score (nSPS) is 18.7. The van der Waals surface area contributed by atoms with Crippen LogP contribution in [0, 0.1) is 5.92 Å². The second kappa shape index (κ2) is 6.10. The number of benzene rings is 1. The number of nitrogens with one attached hydrogen (secondary N) is 1. The number of phenols is 2. The zero-order chi connectivity index (χ0) is 13.0. The van der Waals surface area contributed by atoms with E-state index in [1.54, 1.807) is 6.07 Å². The van der Waals surface area contributed by atoms with Crippen LogP contribution in [0.4, 0.5) is 0 Å². The van der Waals surface area contributed by atoms with Gasteiger partial charge in [-0.25, -0.2) is 0 Å². The van der Waals surface area contributed by atoms with Crippen LogP contribution < -0.4 is 5.32 Å². The van der Waals surface area contributed by atoms with Crippen molar-refractivity contribution >= 4 is 0 Å². The Bertz CT molecular complexity index is 386. The van der Waals surface area contributed by atoms with Crippen LogP contribution in [0.1, 0.15) is 44.6 Å². The Balaban J connectivity index is 1.84. The Morgan fingerprint density at radius 3 is 2.56 bits per heavy atom. The molecule has 0 spiro atoms. The van der Waals surface area contributed by atoms with Crippen molar-refractivity contribution in [3.63, 3.8) is 0 Å². The average molecular weight is 249 g/mol. The smallest absolute Gasteiger partial charge is 0.157 e. The first-order valence-corrected chi connectivity index (χ1v) is 6.91. The third kappa shape index (κ3) is 3.39. The van der Waals surface area contributed by atoms with Gasteiger partial charge in [-0.2, -0.15) is 0 Å². The van der Waals surface area contributed by atoms with Gasteiger partial charge >= 0.3 is 0 Å².